The number of ether oxygens (including phenoxy) is 1. The van der Waals surface area contributed by atoms with Crippen LogP contribution in [0.3, 0.4) is 0 Å². The molecule has 1 aromatic carbocycles. The summed E-state index contributed by atoms with van der Waals surface area (Å²) in [5.74, 6) is -0.437. The number of carbonyl (C=O) groups is 1. The molecule has 142 valence electrons. The number of hydrogen-bond donors (Lipinski definition) is 0. The second kappa shape index (κ2) is 7.39. The Labute approximate surface area is 158 Å². The van der Waals surface area contributed by atoms with Gasteiger partial charge < -0.3 is 9.64 Å². The molecule has 0 radical (unpaired) electrons. The minimum atomic E-state index is -0.504. The van der Waals surface area contributed by atoms with E-state index in [9.17, 15) is 9.18 Å². The Hall–Kier alpha value is -2.88. The van der Waals surface area contributed by atoms with Crippen molar-refractivity contribution in [1.82, 2.24) is 14.7 Å². The fourth-order valence-electron chi connectivity index (χ4n) is 3.14. The second-order valence-corrected chi connectivity index (χ2v) is 7.71. The van der Waals surface area contributed by atoms with Crippen LogP contribution in [0.4, 0.5) is 9.18 Å². The molecule has 1 aliphatic heterocycles. The maximum atomic E-state index is 14.2. The lowest BCUT2D eigenvalue weighted by Gasteiger charge is -2.33. The van der Waals surface area contributed by atoms with Crippen LogP contribution in [0, 0.1) is 17.1 Å². The highest BCUT2D eigenvalue weighted by Crippen LogP contribution is 2.28. The molecule has 1 amide bonds. The molecule has 0 aliphatic carbocycles. The van der Waals surface area contributed by atoms with Gasteiger partial charge in [-0.1, -0.05) is 6.07 Å². The number of halogens is 1. The Morgan fingerprint density at radius 3 is 2.63 bits per heavy atom. The molecule has 27 heavy (non-hydrogen) atoms. The molecule has 1 aromatic heterocycles. The molecule has 1 fully saturated rings. The predicted molar refractivity (Wildman–Crippen MR) is 98.4 cm³/mol. The van der Waals surface area contributed by atoms with Crippen LogP contribution in [0.1, 0.15) is 45.2 Å². The van der Waals surface area contributed by atoms with Gasteiger partial charge in [0.05, 0.1) is 23.9 Å². The van der Waals surface area contributed by atoms with Crippen LogP contribution in [0.15, 0.2) is 30.6 Å². The first-order valence-electron chi connectivity index (χ1n) is 8.99. The largest absolute Gasteiger partial charge is 0.444 e. The van der Waals surface area contributed by atoms with Gasteiger partial charge in [0.25, 0.3) is 0 Å². The molecule has 2 heterocycles. The van der Waals surface area contributed by atoms with Gasteiger partial charge in [0, 0.05) is 30.4 Å². The highest BCUT2D eigenvalue weighted by molar-refractivity contribution is 5.68. The third kappa shape index (κ3) is 4.45. The van der Waals surface area contributed by atoms with E-state index in [-0.39, 0.29) is 17.7 Å². The van der Waals surface area contributed by atoms with Crippen molar-refractivity contribution in [2.24, 2.45) is 0 Å². The lowest BCUT2D eigenvalue weighted by molar-refractivity contribution is 0.0185. The van der Waals surface area contributed by atoms with E-state index in [0.717, 1.165) is 12.8 Å². The molecule has 7 heteroatoms. The zero-order valence-corrected chi connectivity index (χ0v) is 15.8. The lowest BCUT2D eigenvalue weighted by Crippen LogP contribution is -2.42. The number of hydrogen-bond acceptors (Lipinski definition) is 4. The number of aromatic nitrogens is 2. The molecule has 1 saturated heterocycles. The molecule has 0 atom stereocenters. The zero-order valence-electron chi connectivity index (χ0n) is 15.8. The predicted octanol–water partition coefficient (Wildman–Crippen LogP) is 4.13. The summed E-state index contributed by atoms with van der Waals surface area (Å²) in [6.45, 7) is 6.75. The highest BCUT2D eigenvalue weighted by atomic mass is 19.1. The molecule has 0 bridgehead atoms. The van der Waals surface area contributed by atoms with Crippen LogP contribution in [-0.4, -0.2) is 39.5 Å². The van der Waals surface area contributed by atoms with Crippen molar-refractivity contribution in [1.29, 1.82) is 5.26 Å². The quantitative estimate of drug-likeness (QED) is 0.797. The number of benzene rings is 1. The average molecular weight is 370 g/mol. The van der Waals surface area contributed by atoms with Crippen LogP contribution in [0.25, 0.3) is 11.1 Å². The normalized spacial score (nSPS) is 15.4. The Morgan fingerprint density at radius 2 is 2.04 bits per heavy atom. The van der Waals surface area contributed by atoms with Gasteiger partial charge in [0.15, 0.2) is 0 Å². The van der Waals surface area contributed by atoms with Crippen molar-refractivity contribution >= 4 is 6.09 Å². The third-order valence-corrected chi connectivity index (χ3v) is 4.50. The van der Waals surface area contributed by atoms with Crippen LogP contribution in [0.2, 0.25) is 0 Å². The highest BCUT2D eigenvalue weighted by Gasteiger charge is 2.28. The molecule has 0 spiro atoms. The molecular formula is C20H23FN4O2. The van der Waals surface area contributed by atoms with E-state index < -0.39 is 11.4 Å². The van der Waals surface area contributed by atoms with E-state index in [2.05, 4.69) is 5.10 Å². The number of likely N-dealkylation sites (tertiary alicyclic amines) is 1. The van der Waals surface area contributed by atoms with E-state index >= 15 is 0 Å². The fourth-order valence-corrected chi connectivity index (χ4v) is 3.14. The molecule has 3 rings (SSSR count). The Morgan fingerprint density at radius 1 is 1.33 bits per heavy atom. The van der Waals surface area contributed by atoms with Crippen molar-refractivity contribution in [3.05, 3.63) is 42.0 Å². The maximum absolute atomic E-state index is 14.2. The van der Waals surface area contributed by atoms with Crippen LogP contribution in [0.5, 0.6) is 0 Å². The number of carbonyl (C=O) groups excluding carboxylic acids is 1. The van der Waals surface area contributed by atoms with Crippen molar-refractivity contribution < 1.29 is 13.9 Å². The van der Waals surface area contributed by atoms with Gasteiger partial charge in [-0.05, 0) is 45.7 Å². The summed E-state index contributed by atoms with van der Waals surface area (Å²) in [4.78, 5) is 13.9. The third-order valence-electron chi connectivity index (χ3n) is 4.50. The van der Waals surface area contributed by atoms with Crippen molar-refractivity contribution in [2.45, 2.75) is 45.3 Å². The average Bonchev–Trinajstić information content (AvgIpc) is 3.10. The fraction of sp³-hybridized carbons (Fsp3) is 0.450. The van der Waals surface area contributed by atoms with Crippen LogP contribution in [-0.2, 0) is 4.74 Å². The first kappa shape index (κ1) is 18.9. The van der Waals surface area contributed by atoms with Crippen molar-refractivity contribution in [3.8, 4) is 17.2 Å². The molecule has 6 nitrogen and oxygen atoms in total. The zero-order chi connectivity index (χ0) is 19.6. The molecular weight excluding hydrogens is 347 g/mol. The van der Waals surface area contributed by atoms with Gasteiger partial charge in [0.2, 0.25) is 0 Å². The smallest absolute Gasteiger partial charge is 0.410 e. The Balaban J connectivity index is 1.65. The summed E-state index contributed by atoms with van der Waals surface area (Å²) in [5.41, 5.74) is 0.881. The van der Waals surface area contributed by atoms with Gasteiger partial charge in [-0.15, -0.1) is 0 Å². The first-order chi connectivity index (χ1) is 12.8. The minimum Gasteiger partial charge on any atom is -0.444 e. The number of nitriles is 1. The number of piperidine rings is 1. The van der Waals surface area contributed by atoms with Crippen LogP contribution >= 0.6 is 0 Å². The Kier molecular flexibility index (Phi) is 5.17. The Bertz CT molecular complexity index is 871. The second-order valence-electron chi connectivity index (χ2n) is 7.71. The summed E-state index contributed by atoms with van der Waals surface area (Å²) < 4.78 is 21.4. The van der Waals surface area contributed by atoms with Gasteiger partial charge in [-0.3, -0.25) is 4.68 Å². The van der Waals surface area contributed by atoms with Crippen molar-refractivity contribution in [2.75, 3.05) is 13.1 Å². The molecule has 1 aliphatic rings. The van der Waals surface area contributed by atoms with Crippen LogP contribution < -0.4 is 0 Å². The van der Waals surface area contributed by atoms with E-state index in [1.165, 1.54) is 6.07 Å². The molecule has 0 unspecified atom stereocenters. The van der Waals surface area contributed by atoms with E-state index in [4.69, 9.17) is 10.00 Å². The number of rotatable bonds is 2. The lowest BCUT2D eigenvalue weighted by atomic mass is 10.0. The summed E-state index contributed by atoms with van der Waals surface area (Å²) in [7, 11) is 0. The minimum absolute atomic E-state index is 0.152. The number of amides is 1. The summed E-state index contributed by atoms with van der Waals surface area (Å²) in [6, 6.07) is 6.50. The summed E-state index contributed by atoms with van der Waals surface area (Å²) in [5, 5.41) is 13.2. The SMILES string of the molecule is CC(C)(C)OC(=O)N1CCC(n2cc(-c3ccc(C#N)cc3F)cn2)CC1. The van der Waals surface area contributed by atoms with Gasteiger partial charge >= 0.3 is 6.09 Å². The molecule has 0 N–H and O–H groups in total. The van der Waals surface area contributed by atoms with E-state index in [0.29, 0.717) is 24.2 Å². The first-order valence-corrected chi connectivity index (χ1v) is 8.99. The monoisotopic (exact) mass is 370 g/mol. The van der Waals surface area contributed by atoms with Gasteiger partial charge in [-0.2, -0.15) is 10.4 Å². The van der Waals surface area contributed by atoms with Crippen molar-refractivity contribution in [3.63, 3.8) is 0 Å². The topological polar surface area (TPSA) is 71.2 Å². The number of nitrogens with zero attached hydrogens (tertiary/aromatic N) is 4. The van der Waals surface area contributed by atoms with E-state index in [1.54, 1.807) is 23.2 Å². The molecule has 2 aromatic rings. The van der Waals surface area contributed by atoms with Gasteiger partial charge in [-0.25, -0.2) is 9.18 Å². The molecule has 0 saturated carbocycles. The summed E-state index contributed by atoms with van der Waals surface area (Å²) in [6.07, 6.45) is 4.68. The van der Waals surface area contributed by atoms with E-state index in [1.807, 2.05) is 37.7 Å². The summed E-state index contributed by atoms with van der Waals surface area (Å²) >= 11 is 0. The standard InChI is InChI=1S/C20H23FN4O2/c1-20(2,3)27-19(26)24-8-6-16(7-9-24)25-13-15(12-23-25)17-5-4-14(11-22)10-18(17)21/h4-5,10,12-13,16H,6-9H2,1-3H3. The maximum Gasteiger partial charge on any atom is 0.410 e. The van der Waals surface area contributed by atoms with Gasteiger partial charge in [0.1, 0.15) is 11.4 Å².